The third-order valence-corrected chi connectivity index (χ3v) is 3.25. The molecule has 6 heteroatoms. The number of hydrazine groups is 1. The van der Waals surface area contributed by atoms with E-state index < -0.39 is 5.97 Å². The van der Waals surface area contributed by atoms with Crippen molar-refractivity contribution in [1.82, 2.24) is 15.4 Å². The van der Waals surface area contributed by atoms with Gasteiger partial charge in [-0.15, -0.1) is 0 Å². The van der Waals surface area contributed by atoms with E-state index in [9.17, 15) is 9.59 Å². The Bertz CT molecular complexity index is 540. The maximum atomic E-state index is 12.2. The molecule has 0 spiro atoms. The fraction of sp³-hybridized carbons (Fsp3) is 0.357. The van der Waals surface area contributed by atoms with E-state index in [0.29, 0.717) is 25.1 Å². The van der Waals surface area contributed by atoms with E-state index in [2.05, 4.69) is 10.4 Å². The maximum Gasteiger partial charge on any atom is 0.308 e. The molecule has 0 fully saturated rings. The van der Waals surface area contributed by atoms with Gasteiger partial charge in [-0.2, -0.15) is 0 Å². The fourth-order valence-electron chi connectivity index (χ4n) is 2.10. The van der Waals surface area contributed by atoms with Gasteiger partial charge < -0.3 is 5.11 Å². The number of amides is 1. The number of nitrogens with one attached hydrogen (secondary N) is 1. The van der Waals surface area contributed by atoms with Crippen molar-refractivity contribution in [2.45, 2.75) is 26.3 Å². The van der Waals surface area contributed by atoms with E-state index in [1.807, 2.05) is 19.1 Å². The predicted molar refractivity (Wildman–Crippen MR) is 72.4 cm³/mol. The third-order valence-electron chi connectivity index (χ3n) is 3.25. The second-order valence-electron chi connectivity index (χ2n) is 4.73. The Hall–Kier alpha value is -2.21. The van der Waals surface area contributed by atoms with Gasteiger partial charge in [0, 0.05) is 31.1 Å². The van der Waals surface area contributed by atoms with Crippen molar-refractivity contribution in [3.63, 3.8) is 0 Å². The number of carboxylic acids is 1. The van der Waals surface area contributed by atoms with Crippen molar-refractivity contribution in [2.24, 2.45) is 0 Å². The third kappa shape index (κ3) is 3.42. The topological polar surface area (TPSA) is 82.5 Å². The van der Waals surface area contributed by atoms with E-state index in [-0.39, 0.29) is 12.3 Å². The number of carboxylic acid groups (broad SMARTS) is 1. The van der Waals surface area contributed by atoms with Crippen molar-refractivity contribution in [3.8, 4) is 0 Å². The van der Waals surface area contributed by atoms with Crippen LogP contribution < -0.4 is 5.43 Å². The Balaban J connectivity index is 2.00. The van der Waals surface area contributed by atoms with Crippen molar-refractivity contribution >= 4 is 11.9 Å². The van der Waals surface area contributed by atoms with Crippen LogP contribution in [0, 0.1) is 0 Å². The zero-order chi connectivity index (χ0) is 14.5. The number of carbonyl (C=O) groups excluding carboxylic acids is 1. The molecule has 1 aromatic heterocycles. The molecule has 1 amide bonds. The van der Waals surface area contributed by atoms with Gasteiger partial charge in [-0.05, 0) is 25.0 Å². The molecule has 1 aliphatic rings. The lowest BCUT2D eigenvalue weighted by Crippen LogP contribution is -2.46. The minimum Gasteiger partial charge on any atom is -0.481 e. The molecule has 1 aromatic rings. The van der Waals surface area contributed by atoms with Gasteiger partial charge >= 0.3 is 5.97 Å². The van der Waals surface area contributed by atoms with Crippen LogP contribution >= 0.6 is 0 Å². The highest BCUT2D eigenvalue weighted by atomic mass is 16.4. The van der Waals surface area contributed by atoms with Gasteiger partial charge in [-0.3, -0.25) is 19.6 Å². The summed E-state index contributed by atoms with van der Waals surface area (Å²) in [5, 5.41) is 10.3. The largest absolute Gasteiger partial charge is 0.481 e. The number of carbonyl (C=O) groups is 2. The SMILES string of the molecule is CC1=C(CC(=O)O)C(=O)N(NCc2cccnc2)CC1. The van der Waals surface area contributed by atoms with Gasteiger partial charge in [0.2, 0.25) is 0 Å². The number of hydrogen-bond donors (Lipinski definition) is 2. The molecule has 20 heavy (non-hydrogen) atoms. The summed E-state index contributed by atoms with van der Waals surface area (Å²) in [6.07, 6.45) is 3.87. The van der Waals surface area contributed by atoms with Gasteiger partial charge in [-0.25, -0.2) is 5.43 Å². The van der Waals surface area contributed by atoms with E-state index in [1.165, 1.54) is 5.01 Å². The lowest BCUT2D eigenvalue weighted by Gasteiger charge is -2.29. The van der Waals surface area contributed by atoms with Crippen molar-refractivity contribution in [3.05, 3.63) is 41.2 Å². The molecule has 2 heterocycles. The monoisotopic (exact) mass is 275 g/mol. The molecule has 0 saturated carbocycles. The molecule has 1 aliphatic heterocycles. The Labute approximate surface area is 117 Å². The van der Waals surface area contributed by atoms with Crippen molar-refractivity contribution in [2.75, 3.05) is 6.54 Å². The van der Waals surface area contributed by atoms with Crippen LogP contribution in [0.5, 0.6) is 0 Å². The average Bonchev–Trinajstić information content (AvgIpc) is 2.43. The van der Waals surface area contributed by atoms with Crippen LogP contribution in [-0.4, -0.2) is 33.5 Å². The summed E-state index contributed by atoms with van der Waals surface area (Å²) in [6, 6.07) is 3.74. The molecule has 0 bridgehead atoms. The summed E-state index contributed by atoms with van der Waals surface area (Å²) < 4.78 is 0. The summed E-state index contributed by atoms with van der Waals surface area (Å²) in [5.41, 5.74) is 5.23. The maximum absolute atomic E-state index is 12.2. The standard InChI is InChI=1S/C14H17N3O3/c1-10-4-6-17(14(20)12(10)7-13(18)19)16-9-11-3-2-5-15-8-11/h2-3,5,8,16H,4,6-7,9H2,1H3,(H,18,19). The molecule has 2 rings (SSSR count). The second-order valence-corrected chi connectivity index (χ2v) is 4.73. The van der Waals surface area contributed by atoms with Crippen LogP contribution in [0.2, 0.25) is 0 Å². The van der Waals surface area contributed by atoms with Gasteiger partial charge in [0.25, 0.3) is 5.91 Å². The lowest BCUT2D eigenvalue weighted by molar-refractivity contribution is -0.139. The molecule has 0 unspecified atom stereocenters. The molecule has 106 valence electrons. The van der Waals surface area contributed by atoms with Crippen molar-refractivity contribution < 1.29 is 14.7 Å². The highest BCUT2D eigenvalue weighted by Crippen LogP contribution is 2.20. The fourth-order valence-corrected chi connectivity index (χ4v) is 2.10. The smallest absolute Gasteiger partial charge is 0.308 e. The van der Waals surface area contributed by atoms with Crippen LogP contribution in [0.25, 0.3) is 0 Å². The van der Waals surface area contributed by atoms with Gasteiger partial charge in [0.05, 0.1) is 6.42 Å². The second kappa shape index (κ2) is 6.29. The Morgan fingerprint density at radius 3 is 3.00 bits per heavy atom. The first-order chi connectivity index (χ1) is 9.58. The molecule has 0 aliphatic carbocycles. The minimum absolute atomic E-state index is 0.226. The molecule has 0 atom stereocenters. The van der Waals surface area contributed by atoms with Crippen LogP contribution in [-0.2, 0) is 16.1 Å². The summed E-state index contributed by atoms with van der Waals surface area (Å²) >= 11 is 0. The summed E-state index contributed by atoms with van der Waals surface area (Å²) in [5.74, 6) is -1.23. The quantitative estimate of drug-likeness (QED) is 0.841. The minimum atomic E-state index is -0.984. The van der Waals surface area contributed by atoms with E-state index in [0.717, 1.165) is 11.1 Å². The van der Waals surface area contributed by atoms with Crippen LogP contribution in [0.1, 0.15) is 25.3 Å². The number of nitrogens with zero attached hydrogens (tertiary/aromatic N) is 2. The zero-order valence-electron chi connectivity index (χ0n) is 11.3. The molecule has 0 radical (unpaired) electrons. The van der Waals surface area contributed by atoms with E-state index >= 15 is 0 Å². The molecule has 2 N–H and O–H groups in total. The number of rotatable bonds is 5. The number of hydrogen-bond acceptors (Lipinski definition) is 4. The Morgan fingerprint density at radius 1 is 1.55 bits per heavy atom. The molecular weight excluding hydrogens is 258 g/mol. The molecule has 0 saturated heterocycles. The molecule has 0 aromatic carbocycles. The van der Waals surface area contributed by atoms with Crippen LogP contribution in [0.15, 0.2) is 35.7 Å². The first kappa shape index (κ1) is 14.2. The lowest BCUT2D eigenvalue weighted by atomic mass is 9.99. The highest BCUT2D eigenvalue weighted by molar-refractivity contribution is 5.98. The molecule has 6 nitrogen and oxygen atoms in total. The number of aromatic nitrogens is 1. The molecular formula is C14H17N3O3. The summed E-state index contributed by atoms with van der Waals surface area (Å²) in [7, 11) is 0. The van der Waals surface area contributed by atoms with Crippen molar-refractivity contribution in [1.29, 1.82) is 0 Å². The first-order valence-corrected chi connectivity index (χ1v) is 6.42. The van der Waals surface area contributed by atoms with Gasteiger partial charge in [-0.1, -0.05) is 11.6 Å². The number of aliphatic carboxylic acids is 1. The number of pyridine rings is 1. The average molecular weight is 275 g/mol. The predicted octanol–water partition coefficient (Wildman–Crippen LogP) is 1.11. The van der Waals surface area contributed by atoms with Crippen LogP contribution in [0.4, 0.5) is 0 Å². The Morgan fingerprint density at radius 2 is 2.35 bits per heavy atom. The van der Waals surface area contributed by atoms with E-state index in [1.54, 1.807) is 12.4 Å². The van der Waals surface area contributed by atoms with Gasteiger partial charge in [0.1, 0.15) is 0 Å². The zero-order valence-corrected chi connectivity index (χ0v) is 11.3. The summed E-state index contributed by atoms with van der Waals surface area (Å²) in [4.78, 5) is 27.0. The van der Waals surface area contributed by atoms with Gasteiger partial charge in [0.15, 0.2) is 0 Å². The highest BCUT2D eigenvalue weighted by Gasteiger charge is 2.26. The van der Waals surface area contributed by atoms with E-state index in [4.69, 9.17) is 5.11 Å². The summed E-state index contributed by atoms with van der Waals surface area (Å²) in [6.45, 7) is 2.85. The normalized spacial score (nSPS) is 15.7. The Kier molecular flexibility index (Phi) is 4.47. The van der Waals surface area contributed by atoms with Crippen LogP contribution in [0.3, 0.4) is 0 Å². The first-order valence-electron chi connectivity index (χ1n) is 6.42.